The van der Waals surface area contributed by atoms with Gasteiger partial charge in [-0.25, -0.2) is 0 Å². The lowest BCUT2D eigenvalue weighted by molar-refractivity contribution is 0.517. The minimum absolute atomic E-state index is 0. The van der Waals surface area contributed by atoms with E-state index in [1.165, 1.54) is 5.56 Å². The van der Waals surface area contributed by atoms with Gasteiger partial charge in [0, 0.05) is 10.6 Å². The molecular weight excluding hydrogens is 205 g/mol. The van der Waals surface area contributed by atoms with Gasteiger partial charge in [0.15, 0.2) is 0 Å². The van der Waals surface area contributed by atoms with Gasteiger partial charge in [-0.2, -0.15) is 0 Å². The van der Waals surface area contributed by atoms with E-state index in [4.69, 9.17) is 17.3 Å². The SMILES string of the molecule is CC(C)(N)Cc1cccc(Cl)c1.Cl. The summed E-state index contributed by atoms with van der Waals surface area (Å²) in [6.45, 7) is 4.02. The van der Waals surface area contributed by atoms with Gasteiger partial charge in [-0.3, -0.25) is 0 Å². The highest BCUT2D eigenvalue weighted by atomic mass is 35.5. The zero-order valence-corrected chi connectivity index (χ0v) is 9.45. The summed E-state index contributed by atoms with van der Waals surface area (Å²) in [5.74, 6) is 0. The van der Waals surface area contributed by atoms with Crippen LogP contribution in [0.15, 0.2) is 24.3 Å². The summed E-state index contributed by atoms with van der Waals surface area (Å²) in [5, 5.41) is 0.775. The molecule has 0 spiro atoms. The monoisotopic (exact) mass is 219 g/mol. The van der Waals surface area contributed by atoms with Crippen LogP contribution < -0.4 is 5.73 Å². The van der Waals surface area contributed by atoms with Gasteiger partial charge in [0.25, 0.3) is 0 Å². The van der Waals surface area contributed by atoms with E-state index in [0.717, 1.165) is 11.4 Å². The molecule has 0 aliphatic rings. The van der Waals surface area contributed by atoms with Crippen molar-refractivity contribution in [3.05, 3.63) is 34.9 Å². The average Bonchev–Trinajstić information content (AvgIpc) is 1.82. The van der Waals surface area contributed by atoms with Crippen LogP contribution in [0.5, 0.6) is 0 Å². The highest BCUT2D eigenvalue weighted by Crippen LogP contribution is 2.14. The van der Waals surface area contributed by atoms with E-state index in [9.17, 15) is 0 Å². The Hall–Kier alpha value is -0.240. The molecule has 1 aromatic carbocycles. The van der Waals surface area contributed by atoms with Crippen LogP contribution in [-0.4, -0.2) is 5.54 Å². The molecule has 3 heteroatoms. The lowest BCUT2D eigenvalue weighted by Gasteiger charge is -2.18. The second-order valence-corrected chi connectivity index (χ2v) is 4.23. The molecule has 0 atom stereocenters. The van der Waals surface area contributed by atoms with E-state index in [0.29, 0.717) is 0 Å². The first-order valence-corrected chi connectivity index (χ1v) is 4.38. The summed E-state index contributed by atoms with van der Waals surface area (Å²) >= 11 is 5.83. The standard InChI is InChI=1S/C10H14ClN.ClH/c1-10(2,12)7-8-4-3-5-9(11)6-8;/h3-6H,7,12H2,1-2H3;1H. The van der Waals surface area contributed by atoms with Crippen molar-refractivity contribution >= 4 is 24.0 Å². The molecule has 74 valence electrons. The second-order valence-electron chi connectivity index (χ2n) is 3.80. The Morgan fingerprint density at radius 3 is 2.46 bits per heavy atom. The van der Waals surface area contributed by atoms with E-state index in [1.54, 1.807) is 0 Å². The van der Waals surface area contributed by atoms with Crippen LogP contribution in [0.2, 0.25) is 5.02 Å². The van der Waals surface area contributed by atoms with Crippen LogP contribution in [0.4, 0.5) is 0 Å². The molecule has 0 unspecified atom stereocenters. The third kappa shape index (κ3) is 5.14. The lowest BCUT2D eigenvalue weighted by Crippen LogP contribution is -2.34. The van der Waals surface area contributed by atoms with E-state index >= 15 is 0 Å². The first-order valence-electron chi connectivity index (χ1n) is 4.01. The molecule has 0 aromatic heterocycles. The van der Waals surface area contributed by atoms with Crippen molar-refractivity contribution in [3.63, 3.8) is 0 Å². The number of rotatable bonds is 2. The summed E-state index contributed by atoms with van der Waals surface area (Å²) in [7, 11) is 0. The molecule has 0 amide bonds. The molecule has 0 aliphatic heterocycles. The Morgan fingerprint density at radius 1 is 1.38 bits per heavy atom. The first-order chi connectivity index (χ1) is 5.47. The molecule has 13 heavy (non-hydrogen) atoms. The van der Waals surface area contributed by atoms with E-state index < -0.39 is 0 Å². The van der Waals surface area contributed by atoms with E-state index in [-0.39, 0.29) is 17.9 Å². The summed E-state index contributed by atoms with van der Waals surface area (Å²) in [6, 6.07) is 7.81. The molecule has 2 N–H and O–H groups in total. The maximum atomic E-state index is 5.87. The molecule has 1 rings (SSSR count). The van der Waals surface area contributed by atoms with Gasteiger partial charge in [0.1, 0.15) is 0 Å². The Kier molecular flexibility index (Phi) is 4.76. The fraction of sp³-hybridized carbons (Fsp3) is 0.400. The van der Waals surface area contributed by atoms with Crippen LogP contribution in [0, 0.1) is 0 Å². The van der Waals surface area contributed by atoms with Crippen LogP contribution in [0.1, 0.15) is 19.4 Å². The van der Waals surface area contributed by atoms with Crippen molar-refractivity contribution in [1.29, 1.82) is 0 Å². The molecule has 0 bridgehead atoms. The summed E-state index contributed by atoms with van der Waals surface area (Å²) < 4.78 is 0. The normalized spacial score (nSPS) is 10.8. The Labute approximate surface area is 90.7 Å². The van der Waals surface area contributed by atoms with Crippen molar-refractivity contribution < 1.29 is 0 Å². The molecule has 0 heterocycles. The average molecular weight is 220 g/mol. The molecule has 0 radical (unpaired) electrons. The fourth-order valence-corrected chi connectivity index (χ4v) is 1.39. The lowest BCUT2D eigenvalue weighted by atomic mass is 9.96. The predicted molar refractivity (Wildman–Crippen MR) is 60.7 cm³/mol. The smallest absolute Gasteiger partial charge is 0.0408 e. The van der Waals surface area contributed by atoms with E-state index in [1.807, 2.05) is 38.1 Å². The van der Waals surface area contributed by atoms with Gasteiger partial charge in [-0.05, 0) is 38.0 Å². The van der Waals surface area contributed by atoms with Crippen LogP contribution in [0.3, 0.4) is 0 Å². The highest BCUT2D eigenvalue weighted by Gasteiger charge is 2.11. The predicted octanol–water partition coefficient (Wildman–Crippen LogP) is 3.04. The number of hydrogen-bond donors (Lipinski definition) is 1. The van der Waals surface area contributed by atoms with E-state index in [2.05, 4.69) is 0 Å². The summed E-state index contributed by atoms with van der Waals surface area (Å²) in [5.41, 5.74) is 6.90. The second kappa shape index (κ2) is 4.85. The third-order valence-corrected chi connectivity index (χ3v) is 1.78. The van der Waals surface area contributed by atoms with Gasteiger partial charge in [0.05, 0.1) is 0 Å². The molecule has 0 saturated carbocycles. The topological polar surface area (TPSA) is 26.0 Å². The highest BCUT2D eigenvalue weighted by molar-refractivity contribution is 6.30. The van der Waals surface area contributed by atoms with Crippen LogP contribution in [0.25, 0.3) is 0 Å². The molecule has 0 aliphatic carbocycles. The van der Waals surface area contributed by atoms with Gasteiger partial charge in [-0.15, -0.1) is 12.4 Å². The maximum Gasteiger partial charge on any atom is 0.0408 e. The van der Waals surface area contributed by atoms with Crippen LogP contribution in [-0.2, 0) is 6.42 Å². The third-order valence-electron chi connectivity index (χ3n) is 1.55. The number of hydrogen-bond acceptors (Lipinski definition) is 1. The zero-order chi connectivity index (χ0) is 9.19. The van der Waals surface area contributed by atoms with Crippen molar-refractivity contribution in [2.45, 2.75) is 25.8 Å². The molecule has 0 saturated heterocycles. The minimum atomic E-state index is -0.162. The number of nitrogens with two attached hydrogens (primary N) is 1. The fourth-order valence-electron chi connectivity index (χ4n) is 1.17. The number of halogens is 2. The van der Waals surface area contributed by atoms with Crippen molar-refractivity contribution in [3.8, 4) is 0 Å². The van der Waals surface area contributed by atoms with Crippen molar-refractivity contribution in [1.82, 2.24) is 0 Å². The van der Waals surface area contributed by atoms with Gasteiger partial charge < -0.3 is 5.73 Å². The largest absolute Gasteiger partial charge is 0.325 e. The van der Waals surface area contributed by atoms with Gasteiger partial charge in [-0.1, -0.05) is 23.7 Å². The van der Waals surface area contributed by atoms with Crippen molar-refractivity contribution in [2.75, 3.05) is 0 Å². The Morgan fingerprint density at radius 2 is 2.00 bits per heavy atom. The Bertz CT molecular complexity index is 266. The summed E-state index contributed by atoms with van der Waals surface area (Å²) in [4.78, 5) is 0. The van der Waals surface area contributed by atoms with Gasteiger partial charge >= 0.3 is 0 Å². The minimum Gasteiger partial charge on any atom is -0.325 e. The van der Waals surface area contributed by atoms with Crippen molar-refractivity contribution in [2.24, 2.45) is 5.73 Å². The summed E-state index contributed by atoms with van der Waals surface area (Å²) in [6.07, 6.45) is 0.855. The zero-order valence-electron chi connectivity index (χ0n) is 7.88. The molecule has 1 nitrogen and oxygen atoms in total. The quantitative estimate of drug-likeness (QED) is 0.814. The molecule has 0 fully saturated rings. The van der Waals surface area contributed by atoms with Gasteiger partial charge in [0.2, 0.25) is 0 Å². The Balaban J connectivity index is 0.00000144. The maximum absolute atomic E-state index is 5.87. The number of benzene rings is 1. The molecule has 1 aromatic rings. The first kappa shape index (κ1) is 12.8. The molecular formula is C10H15Cl2N. The van der Waals surface area contributed by atoms with Crippen LogP contribution >= 0.6 is 24.0 Å².